The molecule has 7 aromatic rings. The van der Waals surface area contributed by atoms with Gasteiger partial charge in [0.05, 0.1) is 33.6 Å². The Morgan fingerprint density at radius 1 is 0.917 bits per heavy atom. The van der Waals surface area contributed by atoms with Crippen LogP contribution in [0.3, 0.4) is 0 Å². The number of benzene rings is 3. The summed E-state index contributed by atoms with van der Waals surface area (Å²) >= 11 is 1.58. The van der Waals surface area contributed by atoms with Crippen LogP contribution in [0.25, 0.3) is 43.4 Å². The summed E-state index contributed by atoms with van der Waals surface area (Å²) in [6.45, 7) is 13.3. The number of aliphatic hydroxyl groups is 1. The van der Waals surface area contributed by atoms with E-state index in [4.69, 9.17) is 28.9 Å². The fraction of sp³-hybridized carbons (Fsp3) is 0.484. The van der Waals surface area contributed by atoms with E-state index in [2.05, 4.69) is 30.6 Å². The maximum Gasteiger partial charge on any atom is 0.409 e. The molecule has 84 heavy (non-hydrogen) atoms. The Labute approximate surface area is 491 Å². The van der Waals surface area contributed by atoms with Gasteiger partial charge in [0.25, 0.3) is 0 Å². The highest BCUT2D eigenvalue weighted by Crippen LogP contribution is 2.40. The molecule has 5 saturated heterocycles. The van der Waals surface area contributed by atoms with Gasteiger partial charge >= 0.3 is 12.1 Å². The van der Waals surface area contributed by atoms with E-state index in [1.165, 1.54) is 4.90 Å². The van der Waals surface area contributed by atoms with Crippen LogP contribution in [-0.4, -0.2) is 170 Å². The number of thiazole rings is 1. The van der Waals surface area contributed by atoms with Crippen LogP contribution in [0, 0.1) is 18.7 Å². The number of aliphatic hydroxyl groups excluding tert-OH is 1. The first-order chi connectivity index (χ1) is 40.6. The van der Waals surface area contributed by atoms with Crippen LogP contribution in [0.5, 0.6) is 11.8 Å². The summed E-state index contributed by atoms with van der Waals surface area (Å²) in [5.74, 6) is -0.745. The Hall–Kier alpha value is -7.53. The molecule has 4 aromatic heterocycles. The molecule has 2 unspecified atom stereocenters. The number of fused-ring (bicyclic) bond motifs is 4. The third-order valence-corrected chi connectivity index (χ3v) is 18.9. The van der Waals surface area contributed by atoms with E-state index in [0.29, 0.717) is 86.1 Å². The number of aromatic nitrogens is 5. The zero-order chi connectivity index (χ0) is 58.5. The number of piperazine rings is 2. The lowest BCUT2D eigenvalue weighted by Gasteiger charge is -2.34. The fourth-order valence-corrected chi connectivity index (χ4v) is 14.0. The third-order valence-electron chi connectivity index (χ3n) is 17.9. The predicted molar refractivity (Wildman–Crippen MR) is 318 cm³/mol. The molecular weight excluding hydrogens is 1090 g/mol. The van der Waals surface area contributed by atoms with E-state index >= 15 is 4.39 Å². The first kappa shape index (κ1) is 56.9. The number of ether oxygens (including phenoxy) is 2. The molecule has 3 aromatic carbocycles. The van der Waals surface area contributed by atoms with Crippen molar-refractivity contribution >= 4 is 62.6 Å². The highest BCUT2D eigenvalue weighted by atomic mass is 32.1. The van der Waals surface area contributed by atoms with Crippen molar-refractivity contribution in [1.29, 1.82) is 0 Å². The number of phenols is 1. The predicted octanol–water partition coefficient (Wildman–Crippen LogP) is 7.99. The lowest BCUT2D eigenvalue weighted by atomic mass is 9.91. The van der Waals surface area contributed by atoms with E-state index in [0.717, 1.165) is 63.7 Å². The minimum Gasteiger partial charge on any atom is -0.508 e. The van der Waals surface area contributed by atoms with Crippen LogP contribution in [0.4, 0.5) is 20.8 Å². The van der Waals surface area contributed by atoms with Crippen LogP contribution >= 0.6 is 11.3 Å². The van der Waals surface area contributed by atoms with Crippen LogP contribution in [0.1, 0.15) is 94.3 Å². The number of phenolic OH excluding ortho intramolecular Hbond substituents is 1. The van der Waals surface area contributed by atoms with Gasteiger partial charge in [-0.3, -0.25) is 19.5 Å². The average molecular weight is 1170 g/mol. The zero-order valence-electron chi connectivity index (χ0n) is 48.3. The van der Waals surface area contributed by atoms with E-state index in [9.17, 15) is 24.6 Å². The summed E-state index contributed by atoms with van der Waals surface area (Å²) in [5, 5.41) is 34.9. The number of β-amino-alcohol motifs (C(OH)–C–C–N with tert-alkyl or cyclic N) is 1. The minimum absolute atomic E-state index is 0.0168. The van der Waals surface area contributed by atoms with Crippen LogP contribution in [-0.2, 0) is 20.7 Å². The monoisotopic (exact) mass is 1160 g/mol. The normalized spacial score (nSPS) is 22.6. The molecule has 2 bridgehead atoms. The summed E-state index contributed by atoms with van der Waals surface area (Å²) in [7, 11) is 1.99. The summed E-state index contributed by atoms with van der Waals surface area (Å²) in [6.07, 6.45) is 4.86. The second-order valence-electron chi connectivity index (χ2n) is 23.7. The number of carbonyl (C=O) groups excluding carboxylic acids is 3. The molecule has 8 atom stereocenters. The first-order valence-corrected chi connectivity index (χ1v) is 30.4. The molecule has 0 aliphatic carbocycles. The Bertz CT molecular complexity index is 3560. The number of likely N-dealkylation sites (N-methyl/N-ethyl adjacent to an activating group) is 1. The third kappa shape index (κ3) is 11.3. The van der Waals surface area contributed by atoms with E-state index in [-0.39, 0.29) is 85.0 Å². The van der Waals surface area contributed by atoms with Crippen molar-refractivity contribution in [2.75, 3.05) is 75.9 Å². The number of amides is 3. The van der Waals surface area contributed by atoms with Gasteiger partial charge in [-0.2, -0.15) is 9.97 Å². The van der Waals surface area contributed by atoms with E-state index in [1.54, 1.807) is 40.6 Å². The van der Waals surface area contributed by atoms with Crippen molar-refractivity contribution in [2.24, 2.45) is 5.92 Å². The van der Waals surface area contributed by atoms with Crippen molar-refractivity contribution in [2.45, 2.75) is 121 Å². The number of anilines is 2. The van der Waals surface area contributed by atoms with Crippen molar-refractivity contribution in [3.05, 3.63) is 101 Å². The van der Waals surface area contributed by atoms with Crippen LogP contribution in [0.15, 0.2) is 76.9 Å². The molecule has 5 aliphatic heterocycles. The number of halogens is 1. The molecule has 0 saturated carbocycles. The van der Waals surface area contributed by atoms with Gasteiger partial charge in [-0.1, -0.05) is 68.4 Å². The van der Waals surface area contributed by atoms with Crippen molar-refractivity contribution in [3.8, 4) is 33.5 Å². The van der Waals surface area contributed by atoms with Gasteiger partial charge < -0.3 is 54.4 Å². The highest BCUT2D eigenvalue weighted by Gasteiger charge is 2.44. The number of nitrogens with one attached hydrogen (secondary N) is 2. The summed E-state index contributed by atoms with van der Waals surface area (Å²) in [5.41, 5.74) is 6.45. The van der Waals surface area contributed by atoms with Crippen molar-refractivity contribution in [3.63, 3.8) is 0 Å². The molecular formula is C62H73FN12O8S. The minimum atomic E-state index is -0.866. The second kappa shape index (κ2) is 23.9. The molecule has 0 spiro atoms. The molecule has 22 heteroatoms. The molecule has 5 aliphatic rings. The van der Waals surface area contributed by atoms with Gasteiger partial charge in [0.1, 0.15) is 48.0 Å². The number of aromatic hydroxyl groups is 1. The van der Waals surface area contributed by atoms with Crippen molar-refractivity contribution < 1.29 is 43.0 Å². The first-order valence-electron chi connectivity index (χ1n) is 29.5. The molecule has 5 fully saturated rings. The molecule has 3 amide bonds. The maximum absolute atomic E-state index is 17.2. The molecule has 0 radical (unpaired) electrons. The number of hydrogen-bond acceptors (Lipinski definition) is 18. The Morgan fingerprint density at radius 2 is 1.67 bits per heavy atom. The van der Waals surface area contributed by atoms with Crippen molar-refractivity contribution in [1.82, 2.24) is 50.4 Å². The number of nitrogens with zero attached hydrogens (tertiary/aromatic N) is 10. The number of hydrogen-bond donors (Lipinski definition) is 4. The number of pyridine rings is 1. The van der Waals surface area contributed by atoms with Gasteiger partial charge in [-0.15, -0.1) is 11.3 Å². The highest BCUT2D eigenvalue weighted by molar-refractivity contribution is 7.13. The summed E-state index contributed by atoms with van der Waals surface area (Å²) in [4.78, 5) is 71.2. The quantitative estimate of drug-likeness (QED) is 0.0719. The van der Waals surface area contributed by atoms with Gasteiger partial charge in [0.2, 0.25) is 11.8 Å². The zero-order valence-corrected chi connectivity index (χ0v) is 49.1. The lowest BCUT2D eigenvalue weighted by Crippen LogP contribution is -2.51. The van der Waals surface area contributed by atoms with Crippen LogP contribution in [0.2, 0.25) is 0 Å². The lowest BCUT2D eigenvalue weighted by molar-refractivity contribution is -0.141. The summed E-state index contributed by atoms with van der Waals surface area (Å²) < 4.78 is 35.5. The van der Waals surface area contributed by atoms with E-state index < -0.39 is 30.0 Å². The topological polar surface area (TPSA) is 228 Å². The summed E-state index contributed by atoms with van der Waals surface area (Å²) in [6, 6.07) is 18.2. The number of likely N-dealkylation sites (tertiary alicyclic amines) is 2. The molecule has 12 rings (SSSR count). The van der Waals surface area contributed by atoms with Crippen LogP contribution < -0.4 is 25.2 Å². The Morgan fingerprint density at radius 3 is 2.38 bits per heavy atom. The smallest absolute Gasteiger partial charge is 0.409 e. The molecule has 20 nitrogen and oxygen atoms in total. The van der Waals surface area contributed by atoms with Gasteiger partial charge in [0.15, 0.2) is 17.4 Å². The number of carbonyl (C=O) groups is 3. The largest absolute Gasteiger partial charge is 0.508 e. The standard InChI is InChI=1S/C62H73FN12O8S/c1-7-37-9-8-10-40-23-45(76)24-47(53(37)40)55-54(63)56-48(27-64-55)58(74-28-41-15-16-42(29-74)67-41)69-61(68-56)81-31-43-17-18-44(71(43)6)32-82-62(80)73-21-19-72(20-22-73)51-26-50(83-70-51)52(34(2)3)60(79)75-30-46(77)25-49(75)59(78)66-35(4)38-11-13-39(14-12-38)57-36(5)65-33-84-57/h8-14,23-24,26-27,33-35,41-44,46,49,52,67,76-77H,7,15-22,25,28-32H2,1-6H3,(H,66,78)/t35-,41?,42?,43-,44+,46+,49-,52+/m0/s1. The average Bonchev–Trinajstić information content (AvgIpc) is 1.50. The molecule has 442 valence electrons. The van der Waals surface area contributed by atoms with E-state index in [1.807, 2.05) is 94.5 Å². The maximum atomic E-state index is 17.2. The Balaban J connectivity index is 0.651. The fourth-order valence-electron chi connectivity index (χ4n) is 13.2. The SMILES string of the molecule is CCc1cccc2cc(O)cc(-c3ncc4c(N5CC6CCC(C5)N6)nc(OC[C@@H]5CC[C@H](COC(=O)N6CCN(c7cc([C@H](C(=O)N8C[C@H](O)C[C@H]8C(=O)N[C@@H](C)c8ccc(-c9scnc9C)cc8)C(C)C)on7)CC6)N5C)nc4c3F)c12. The van der Waals surface area contributed by atoms with Gasteiger partial charge in [-0.25, -0.2) is 14.2 Å². The second-order valence-corrected chi connectivity index (χ2v) is 24.5. The molecule has 4 N–H and O–H groups in total. The Kier molecular flexibility index (Phi) is 16.2. The van der Waals surface area contributed by atoms with Gasteiger partial charge in [0, 0.05) is 94.2 Å². The number of aryl methyl sites for hydroxylation is 2. The van der Waals surface area contributed by atoms with Gasteiger partial charge in [-0.05, 0) is 98.5 Å². The number of rotatable bonds is 16. The molecule has 9 heterocycles.